The second-order valence-corrected chi connectivity index (χ2v) is 12.1. The van der Waals surface area contributed by atoms with E-state index >= 15 is 0 Å². The first-order valence-corrected chi connectivity index (χ1v) is 17.0. The summed E-state index contributed by atoms with van der Waals surface area (Å²) in [5.74, 6) is 1.39. The molecule has 2 atom stereocenters. The van der Waals surface area contributed by atoms with Crippen molar-refractivity contribution < 1.29 is 9.53 Å². The molecule has 0 spiro atoms. The highest BCUT2D eigenvalue weighted by Crippen LogP contribution is 2.25. The molecule has 46 heavy (non-hydrogen) atoms. The van der Waals surface area contributed by atoms with Crippen molar-refractivity contribution in [1.29, 1.82) is 0 Å². The van der Waals surface area contributed by atoms with E-state index in [0.29, 0.717) is 34.4 Å². The number of amides is 1. The van der Waals surface area contributed by atoms with E-state index in [-0.39, 0.29) is 23.6 Å². The minimum Gasteiger partial charge on any atom is -0.379 e. The molecule has 1 fully saturated rings. The molecule has 0 unspecified atom stereocenters. The van der Waals surface area contributed by atoms with E-state index in [4.69, 9.17) is 9.72 Å². The van der Waals surface area contributed by atoms with E-state index in [1.807, 2.05) is 12.1 Å². The highest BCUT2D eigenvalue weighted by Gasteiger charge is 2.33. The van der Waals surface area contributed by atoms with Crippen molar-refractivity contribution in [3.8, 4) is 5.82 Å². The van der Waals surface area contributed by atoms with Gasteiger partial charge in [0.15, 0.2) is 5.65 Å². The number of unbranched alkanes of at least 4 members (excludes halogenated alkanes) is 10. The minimum atomic E-state index is -0.264. The Labute approximate surface area is 271 Å². The van der Waals surface area contributed by atoms with E-state index in [9.17, 15) is 9.59 Å². The predicted molar refractivity (Wildman–Crippen MR) is 182 cm³/mol. The summed E-state index contributed by atoms with van der Waals surface area (Å²) in [5, 5.41) is 14.3. The summed E-state index contributed by atoms with van der Waals surface area (Å²) in [6.07, 6.45) is 20.7. The van der Waals surface area contributed by atoms with Crippen molar-refractivity contribution in [2.45, 2.75) is 103 Å². The number of rotatable bonds is 19. The smallest absolute Gasteiger partial charge is 0.279 e. The fraction of sp³-hybridized carbons (Fsp3) is 0.514. The summed E-state index contributed by atoms with van der Waals surface area (Å²) >= 11 is 0. The fourth-order valence-corrected chi connectivity index (χ4v) is 5.89. The molecule has 246 valence electrons. The molecule has 4 aromatic rings. The lowest BCUT2D eigenvalue weighted by Gasteiger charge is -2.35. The Morgan fingerprint density at radius 3 is 2.41 bits per heavy atom. The van der Waals surface area contributed by atoms with E-state index in [1.54, 1.807) is 54.5 Å². The van der Waals surface area contributed by atoms with Crippen LogP contribution in [0.4, 0.5) is 17.3 Å². The average molecular weight is 629 g/mol. The lowest BCUT2D eigenvalue weighted by atomic mass is 9.89. The molecule has 0 aromatic carbocycles. The Kier molecular flexibility index (Phi) is 12.2. The van der Waals surface area contributed by atoms with Gasteiger partial charge < -0.3 is 20.7 Å². The number of carbonyl (C=O) groups excluding carboxylic acids is 1. The van der Waals surface area contributed by atoms with Crippen molar-refractivity contribution in [3.63, 3.8) is 0 Å². The Balaban J connectivity index is 1.28. The molecule has 1 amide bonds. The van der Waals surface area contributed by atoms with Crippen LogP contribution in [0, 0.1) is 0 Å². The van der Waals surface area contributed by atoms with Crippen LogP contribution in [-0.2, 0) is 4.74 Å². The maximum Gasteiger partial charge on any atom is 0.279 e. The number of anilines is 3. The zero-order valence-electron chi connectivity index (χ0n) is 27.2. The van der Waals surface area contributed by atoms with E-state index < -0.39 is 0 Å². The largest absolute Gasteiger partial charge is 0.379 e. The first kappa shape index (κ1) is 33.1. The molecule has 0 aliphatic heterocycles. The Morgan fingerprint density at radius 1 is 0.978 bits per heavy atom. The molecule has 4 heterocycles. The van der Waals surface area contributed by atoms with E-state index in [2.05, 4.69) is 33.0 Å². The van der Waals surface area contributed by atoms with Crippen LogP contribution in [0.2, 0.25) is 0 Å². The number of carbonyl (C=O) groups is 1. The van der Waals surface area contributed by atoms with Crippen LogP contribution in [0.1, 0.15) is 101 Å². The monoisotopic (exact) mass is 628 g/mol. The summed E-state index contributed by atoms with van der Waals surface area (Å²) in [6, 6.07) is 10.7. The van der Waals surface area contributed by atoms with Crippen molar-refractivity contribution in [2.75, 3.05) is 24.3 Å². The second kappa shape index (κ2) is 16.9. The Morgan fingerprint density at radius 2 is 1.74 bits per heavy atom. The molecule has 0 saturated heterocycles. The fourth-order valence-electron chi connectivity index (χ4n) is 5.89. The third kappa shape index (κ3) is 8.51. The summed E-state index contributed by atoms with van der Waals surface area (Å²) in [7, 11) is 1.66. The summed E-state index contributed by atoms with van der Waals surface area (Å²) in [4.78, 5) is 35.8. The van der Waals surface area contributed by atoms with Gasteiger partial charge in [-0.1, -0.05) is 77.2 Å². The molecule has 0 radical (unpaired) electrons. The summed E-state index contributed by atoms with van der Waals surface area (Å²) < 4.78 is 8.60. The van der Waals surface area contributed by atoms with Gasteiger partial charge in [0, 0.05) is 32.1 Å². The first-order chi connectivity index (χ1) is 22.6. The van der Waals surface area contributed by atoms with Gasteiger partial charge >= 0.3 is 0 Å². The number of fused-ring (bicyclic) bond motifs is 1. The normalized spacial score (nSPS) is 15.9. The van der Waals surface area contributed by atoms with Gasteiger partial charge in [0.1, 0.15) is 28.7 Å². The highest BCUT2D eigenvalue weighted by atomic mass is 16.5. The number of nitrogens with zero attached hydrogens (tertiary/aromatic N) is 5. The van der Waals surface area contributed by atoms with Crippen LogP contribution < -0.4 is 21.5 Å². The maximum absolute atomic E-state index is 13.4. The van der Waals surface area contributed by atoms with Gasteiger partial charge in [0.05, 0.1) is 18.3 Å². The molecule has 3 N–H and O–H groups in total. The molecule has 1 aliphatic carbocycles. The van der Waals surface area contributed by atoms with E-state index in [0.717, 1.165) is 32.2 Å². The van der Waals surface area contributed by atoms with Gasteiger partial charge in [-0.15, -0.1) is 0 Å². The summed E-state index contributed by atoms with van der Waals surface area (Å²) in [5.41, 5.74) is 0.838. The number of nitrogens with one attached hydrogen (secondary N) is 3. The van der Waals surface area contributed by atoms with E-state index in [1.165, 1.54) is 62.4 Å². The zero-order valence-corrected chi connectivity index (χ0v) is 27.2. The molecule has 5 rings (SSSR count). The molecular weight excluding hydrogens is 580 g/mol. The van der Waals surface area contributed by atoms with Crippen LogP contribution in [0.15, 0.2) is 59.8 Å². The number of methoxy groups -OCH3 is 1. The van der Waals surface area contributed by atoms with Gasteiger partial charge in [-0.25, -0.2) is 9.97 Å². The first-order valence-electron chi connectivity index (χ1n) is 17.0. The highest BCUT2D eigenvalue weighted by molar-refractivity contribution is 6.00. The van der Waals surface area contributed by atoms with Crippen molar-refractivity contribution in [1.82, 2.24) is 29.5 Å². The number of ether oxygens (including phenoxy) is 1. The van der Waals surface area contributed by atoms with Gasteiger partial charge in [-0.2, -0.15) is 9.61 Å². The number of pyridine rings is 2. The van der Waals surface area contributed by atoms with Crippen LogP contribution in [-0.4, -0.2) is 55.9 Å². The average Bonchev–Trinajstić information content (AvgIpc) is 3.49. The third-order valence-corrected chi connectivity index (χ3v) is 8.74. The second-order valence-electron chi connectivity index (χ2n) is 12.1. The van der Waals surface area contributed by atoms with Gasteiger partial charge in [0.2, 0.25) is 0 Å². The van der Waals surface area contributed by atoms with Crippen LogP contribution in [0.25, 0.3) is 11.5 Å². The van der Waals surface area contributed by atoms with Gasteiger partial charge in [-0.3, -0.25) is 14.2 Å². The number of hydrogen-bond acceptors (Lipinski definition) is 8. The van der Waals surface area contributed by atoms with Crippen molar-refractivity contribution >= 4 is 28.9 Å². The number of aromatic nitrogens is 5. The molecule has 11 heteroatoms. The number of hydrogen-bond donors (Lipinski definition) is 3. The van der Waals surface area contributed by atoms with Gasteiger partial charge in [-0.05, 0) is 43.5 Å². The molecule has 4 aromatic heterocycles. The molecule has 0 bridgehead atoms. The molecule has 1 aliphatic rings. The van der Waals surface area contributed by atoms with Crippen molar-refractivity contribution in [2.24, 2.45) is 0 Å². The van der Waals surface area contributed by atoms with Crippen LogP contribution in [0.3, 0.4) is 0 Å². The Hall–Kier alpha value is -4.25. The quantitative estimate of drug-likeness (QED) is 0.0986. The molecular formula is C35H48N8O3. The molecule has 11 nitrogen and oxygen atoms in total. The third-order valence-electron chi connectivity index (χ3n) is 8.74. The zero-order chi connectivity index (χ0) is 32.1. The predicted octanol–water partition coefficient (Wildman–Crippen LogP) is 6.65. The lowest BCUT2D eigenvalue weighted by Crippen LogP contribution is -2.51. The Bertz CT molecular complexity index is 1600. The lowest BCUT2D eigenvalue weighted by molar-refractivity contribution is 0.00732. The van der Waals surface area contributed by atoms with Crippen LogP contribution in [0.5, 0.6) is 0 Å². The molecule has 1 saturated carbocycles. The summed E-state index contributed by atoms with van der Waals surface area (Å²) in [6.45, 7) is 3.01. The van der Waals surface area contributed by atoms with Gasteiger partial charge in [0.25, 0.3) is 11.5 Å². The standard InChI is InChI=1S/C35H48N8O3/c1-3-4-5-6-7-8-9-10-11-12-14-21-37-32-24-30(39-28-17-16-23-42(35(28)45)31-18-13-15-22-36-31)41-33-26(25-38-43(32)33)34(44)40-27-19-20-29(27)46-2/h13,15-18,22-25,27,29,37H,3-12,14,19-21H2,1-2H3,(H,39,41)(H,40,44)/t27-,29-/m1/s1. The van der Waals surface area contributed by atoms with Crippen molar-refractivity contribution in [3.05, 3.63) is 70.9 Å². The minimum absolute atomic E-state index is 0.0124. The van der Waals surface area contributed by atoms with Crippen LogP contribution >= 0.6 is 0 Å². The SMILES string of the molecule is CCCCCCCCCCCCCNc1cc(Nc2cccn(-c3ccccn3)c2=O)nc2c(C(=O)N[C@@H]3CC[C@H]3OC)cnn12. The topological polar surface area (TPSA) is 127 Å². The maximum atomic E-state index is 13.4.